The highest BCUT2D eigenvalue weighted by Gasteiger charge is 2.08. The number of hydrogen-bond donors (Lipinski definition) is 2. The molecule has 0 spiro atoms. The molecule has 0 aromatic heterocycles. The zero-order valence-corrected chi connectivity index (χ0v) is 13.4. The summed E-state index contributed by atoms with van der Waals surface area (Å²) in [5.74, 6) is 0. The van der Waals surface area contributed by atoms with Gasteiger partial charge in [-0.15, -0.1) is 0 Å². The van der Waals surface area contributed by atoms with Gasteiger partial charge in [0.05, 0.1) is 19.3 Å². The second-order valence-corrected chi connectivity index (χ2v) is 7.00. The smallest absolute Gasteiger partial charge is 0.0897 e. The fourth-order valence-corrected chi connectivity index (χ4v) is 2.00. The van der Waals surface area contributed by atoms with Crippen molar-refractivity contribution >= 4 is 22.4 Å². The summed E-state index contributed by atoms with van der Waals surface area (Å²) in [7, 11) is -0.843. The molecule has 1 aromatic carbocycles. The Morgan fingerprint density at radius 3 is 2.60 bits per heavy atom. The van der Waals surface area contributed by atoms with Crippen molar-refractivity contribution in [2.45, 2.75) is 24.9 Å². The zero-order valence-electron chi connectivity index (χ0n) is 11.8. The van der Waals surface area contributed by atoms with E-state index < -0.39 is 16.9 Å². The molecule has 0 heterocycles. The lowest BCUT2D eigenvalue weighted by Gasteiger charge is -2.14. The van der Waals surface area contributed by atoms with Crippen LogP contribution in [0.4, 0.5) is 0 Å². The van der Waals surface area contributed by atoms with Gasteiger partial charge in [-0.2, -0.15) is 0 Å². The largest absolute Gasteiger partial charge is 0.389 e. The minimum atomic E-state index is -0.843. The molecule has 6 heteroatoms. The topological polar surface area (TPSA) is 58.6 Å². The molecule has 0 aliphatic carbocycles. The highest BCUT2D eigenvalue weighted by atomic mass is 35.5. The van der Waals surface area contributed by atoms with Crippen molar-refractivity contribution in [3.05, 3.63) is 34.9 Å². The van der Waals surface area contributed by atoms with Gasteiger partial charge in [0.25, 0.3) is 0 Å². The van der Waals surface area contributed by atoms with Crippen molar-refractivity contribution in [2.75, 3.05) is 26.0 Å². The first kappa shape index (κ1) is 17.6. The lowest BCUT2D eigenvalue weighted by molar-refractivity contribution is 0.0290. The third kappa shape index (κ3) is 7.36. The quantitative estimate of drug-likeness (QED) is 0.725. The fourth-order valence-electron chi connectivity index (χ4n) is 1.52. The molecule has 4 nitrogen and oxygen atoms in total. The molecule has 2 N–H and O–H groups in total. The Kier molecular flexibility index (Phi) is 8.33. The van der Waals surface area contributed by atoms with E-state index in [1.54, 1.807) is 6.26 Å². The van der Waals surface area contributed by atoms with Gasteiger partial charge >= 0.3 is 0 Å². The van der Waals surface area contributed by atoms with Crippen molar-refractivity contribution in [1.29, 1.82) is 0 Å². The summed E-state index contributed by atoms with van der Waals surface area (Å²) in [6.07, 6.45) is 1.11. The summed E-state index contributed by atoms with van der Waals surface area (Å²) in [5, 5.41) is 13.6. The number of hydrogen-bond acceptors (Lipinski definition) is 4. The molecule has 1 aromatic rings. The van der Waals surface area contributed by atoms with Gasteiger partial charge in [0.15, 0.2) is 0 Å². The van der Waals surface area contributed by atoms with E-state index in [2.05, 4.69) is 5.32 Å². The number of aliphatic hydroxyl groups excluding tert-OH is 1. The molecule has 1 rings (SSSR count). The van der Waals surface area contributed by atoms with Crippen molar-refractivity contribution in [2.24, 2.45) is 0 Å². The SMILES string of the molecule is CC(CNCC(O)COCc1ccc(Cl)cc1)S(C)=O. The average Bonchev–Trinajstić information content (AvgIpc) is 2.40. The Hall–Kier alpha value is -0.460. The third-order valence-electron chi connectivity index (χ3n) is 2.87. The van der Waals surface area contributed by atoms with Gasteiger partial charge in [-0.25, -0.2) is 0 Å². The summed E-state index contributed by atoms with van der Waals surface area (Å²) < 4.78 is 16.6. The van der Waals surface area contributed by atoms with Gasteiger partial charge in [-0.1, -0.05) is 23.7 Å². The Labute approximate surface area is 127 Å². The second kappa shape index (κ2) is 9.47. The third-order valence-corrected chi connectivity index (χ3v) is 4.42. The molecule has 0 saturated carbocycles. The first-order chi connectivity index (χ1) is 9.49. The first-order valence-electron chi connectivity index (χ1n) is 6.52. The summed E-state index contributed by atoms with van der Waals surface area (Å²) in [6.45, 7) is 3.68. The maximum absolute atomic E-state index is 11.1. The highest BCUT2D eigenvalue weighted by molar-refractivity contribution is 7.84. The first-order valence-corrected chi connectivity index (χ1v) is 8.52. The Bertz CT molecular complexity index is 413. The maximum Gasteiger partial charge on any atom is 0.0897 e. The van der Waals surface area contributed by atoms with Crippen LogP contribution in [0.3, 0.4) is 0 Å². The number of ether oxygens (including phenoxy) is 1. The van der Waals surface area contributed by atoms with Crippen LogP contribution in [0, 0.1) is 0 Å². The van der Waals surface area contributed by atoms with Crippen LogP contribution in [-0.2, 0) is 22.1 Å². The van der Waals surface area contributed by atoms with Crippen LogP contribution < -0.4 is 5.32 Å². The predicted octanol–water partition coefficient (Wildman–Crippen LogP) is 1.57. The monoisotopic (exact) mass is 319 g/mol. The molecular weight excluding hydrogens is 298 g/mol. The molecule has 0 radical (unpaired) electrons. The Morgan fingerprint density at radius 2 is 2.00 bits per heavy atom. The van der Waals surface area contributed by atoms with E-state index in [1.807, 2.05) is 31.2 Å². The Morgan fingerprint density at radius 1 is 1.35 bits per heavy atom. The van der Waals surface area contributed by atoms with Gasteiger partial charge in [0.1, 0.15) is 0 Å². The fraction of sp³-hybridized carbons (Fsp3) is 0.571. The average molecular weight is 320 g/mol. The number of halogens is 1. The van der Waals surface area contributed by atoms with Gasteiger partial charge in [-0.05, 0) is 24.6 Å². The molecule has 3 unspecified atom stereocenters. The molecular formula is C14H22ClNO3S. The van der Waals surface area contributed by atoms with E-state index in [4.69, 9.17) is 16.3 Å². The summed E-state index contributed by atoms with van der Waals surface area (Å²) in [5.41, 5.74) is 1.02. The van der Waals surface area contributed by atoms with Crippen molar-refractivity contribution in [1.82, 2.24) is 5.32 Å². The highest BCUT2D eigenvalue weighted by Crippen LogP contribution is 2.10. The van der Waals surface area contributed by atoms with E-state index in [1.165, 1.54) is 0 Å². The number of aliphatic hydroxyl groups is 1. The van der Waals surface area contributed by atoms with Crippen LogP contribution >= 0.6 is 11.6 Å². The zero-order chi connectivity index (χ0) is 15.0. The number of benzene rings is 1. The molecule has 114 valence electrons. The standard InChI is InChI=1S/C14H22ClNO3S/c1-11(20(2)18)7-16-8-14(17)10-19-9-12-3-5-13(15)6-4-12/h3-6,11,14,16-17H,7-10H2,1-2H3. The normalized spacial score (nSPS) is 15.8. The van der Waals surface area contributed by atoms with Crippen LogP contribution in [-0.4, -0.2) is 46.6 Å². The van der Waals surface area contributed by atoms with E-state index in [0.717, 1.165) is 5.56 Å². The summed E-state index contributed by atoms with van der Waals surface area (Å²) in [6, 6.07) is 7.41. The van der Waals surface area contributed by atoms with Gasteiger partial charge < -0.3 is 15.2 Å². The number of nitrogens with one attached hydrogen (secondary N) is 1. The predicted molar refractivity (Wildman–Crippen MR) is 83.5 cm³/mol. The van der Waals surface area contributed by atoms with E-state index >= 15 is 0 Å². The molecule has 0 amide bonds. The molecule has 0 fully saturated rings. The maximum atomic E-state index is 11.1. The van der Waals surface area contributed by atoms with Crippen LogP contribution in [0.2, 0.25) is 5.02 Å². The minimum Gasteiger partial charge on any atom is -0.389 e. The molecule has 3 atom stereocenters. The molecule has 0 saturated heterocycles. The molecule has 20 heavy (non-hydrogen) atoms. The second-order valence-electron chi connectivity index (χ2n) is 4.76. The van der Waals surface area contributed by atoms with E-state index in [0.29, 0.717) is 24.7 Å². The molecule has 0 aliphatic rings. The molecule has 0 aliphatic heterocycles. The summed E-state index contributed by atoms with van der Waals surface area (Å²) in [4.78, 5) is 0. The summed E-state index contributed by atoms with van der Waals surface area (Å²) >= 11 is 5.79. The lowest BCUT2D eigenvalue weighted by atomic mass is 10.2. The van der Waals surface area contributed by atoms with Crippen LogP contribution in [0.1, 0.15) is 12.5 Å². The van der Waals surface area contributed by atoms with Gasteiger partial charge in [-0.3, -0.25) is 4.21 Å². The van der Waals surface area contributed by atoms with Crippen LogP contribution in [0.15, 0.2) is 24.3 Å². The van der Waals surface area contributed by atoms with Gasteiger partial charge in [0.2, 0.25) is 0 Å². The van der Waals surface area contributed by atoms with Crippen LogP contribution in [0.25, 0.3) is 0 Å². The van der Waals surface area contributed by atoms with Crippen LogP contribution in [0.5, 0.6) is 0 Å². The van der Waals surface area contributed by atoms with E-state index in [-0.39, 0.29) is 11.9 Å². The van der Waals surface area contributed by atoms with Crippen molar-refractivity contribution in [3.63, 3.8) is 0 Å². The number of rotatable bonds is 9. The van der Waals surface area contributed by atoms with Crippen molar-refractivity contribution in [3.8, 4) is 0 Å². The van der Waals surface area contributed by atoms with E-state index in [9.17, 15) is 9.32 Å². The van der Waals surface area contributed by atoms with Gasteiger partial charge in [0, 0.05) is 40.4 Å². The van der Waals surface area contributed by atoms with Crippen molar-refractivity contribution < 1.29 is 14.1 Å². The minimum absolute atomic E-state index is 0.0807. The Balaban J connectivity index is 2.12. The molecule has 0 bridgehead atoms. The lowest BCUT2D eigenvalue weighted by Crippen LogP contribution is -2.35.